The average Bonchev–Trinajstić information content (AvgIpc) is 3.01. The molecule has 0 N–H and O–H groups in total. The Hall–Kier alpha value is -3.57. The molecule has 0 heterocycles. The minimum Gasteiger partial charge on any atom is -0.427 e. The van der Waals surface area contributed by atoms with Crippen LogP contribution in [-0.2, 0) is 19.8 Å². The summed E-state index contributed by atoms with van der Waals surface area (Å²) in [4.78, 5) is 37.2. The molecule has 8 heteroatoms. The molecule has 0 bridgehead atoms. The number of fused-ring (bicyclic) bond motifs is 7. The zero-order valence-electron chi connectivity index (χ0n) is 29.5. The van der Waals surface area contributed by atoms with Gasteiger partial charge in [0.1, 0.15) is 5.75 Å². The third-order valence-electron chi connectivity index (χ3n) is 12.3. The first-order valence-electron chi connectivity index (χ1n) is 17.2. The van der Waals surface area contributed by atoms with Crippen LogP contribution in [0.4, 0.5) is 0 Å². The van der Waals surface area contributed by atoms with E-state index in [1.165, 1.54) is 26.3 Å². The van der Waals surface area contributed by atoms with Gasteiger partial charge in [0.2, 0.25) is 0 Å². The number of carbonyl (C=O) groups excluding carboxylic acids is 3. The van der Waals surface area contributed by atoms with E-state index in [2.05, 4.69) is 39.8 Å². The van der Waals surface area contributed by atoms with E-state index >= 15 is 0 Å². The van der Waals surface area contributed by atoms with E-state index in [4.69, 9.17) is 14.2 Å². The van der Waals surface area contributed by atoms with E-state index < -0.39 is 11.9 Å². The Balaban J connectivity index is 1.51. The van der Waals surface area contributed by atoms with Gasteiger partial charge in [-0.25, -0.2) is 0 Å². The monoisotopic (exact) mass is 669 g/mol. The second kappa shape index (κ2) is 12.1. The minimum absolute atomic E-state index is 0.0787. The molecule has 3 saturated carbocycles. The molecule has 0 aromatic heterocycles. The predicted octanol–water partition coefficient (Wildman–Crippen LogP) is 9.35. The van der Waals surface area contributed by atoms with Crippen molar-refractivity contribution in [3.63, 3.8) is 0 Å². The Kier molecular flexibility index (Phi) is 8.64. The second-order valence-electron chi connectivity index (χ2n) is 15.7. The lowest BCUT2D eigenvalue weighted by molar-refractivity contribution is -0.134. The summed E-state index contributed by atoms with van der Waals surface area (Å²) in [6.07, 6.45) is 9.67. The van der Waals surface area contributed by atoms with Crippen LogP contribution in [0.2, 0.25) is 0 Å². The Morgan fingerprint density at radius 2 is 1.50 bits per heavy atom. The van der Waals surface area contributed by atoms with Gasteiger partial charge in [0, 0.05) is 36.6 Å². The van der Waals surface area contributed by atoms with Gasteiger partial charge in [-0.05, 0) is 123 Å². The lowest BCUT2D eigenvalue weighted by atomic mass is 9.40. The van der Waals surface area contributed by atoms with Gasteiger partial charge in [0.15, 0.2) is 11.5 Å². The van der Waals surface area contributed by atoms with Crippen molar-refractivity contribution in [3.05, 3.63) is 58.7 Å². The van der Waals surface area contributed by atoms with Crippen molar-refractivity contribution < 1.29 is 28.6 Å². The van der Waals surface area contributed by atoms with Crippen molar-refractivity contribution in [1.29, 1.82) is 5.26 Å². The Morgan fingerprint density at radius 3 is 2.12 bits per heavy atom. The zero-order valence-corrected chi connectivity index (χ0v) is 30.3. The standard InChI is InChI=1S/C40H47NO6S/c1-23-35-30(19-32(46-25(3)43)36(23)47-26(4)44)39(7)14-13-29-31-21-37(5,22-41)15-16-38(31,6)17-18-40(29,8)34(39)20-33(35)48-28-11-9-27(10-12-28)45-24(2)42/h9-12,19-20,29,31,33H,13-18,21H2,1-8H3. The van der Waals surface area contributed by atoms with Crippen LogP contribution in [0.25, 0.3) is 0 Å². The zero-order chi connectivity index (χ0) is 34.8. The molecule has 7 unspecified atom stereocenters. The Labute approximate surface area is 288 Å². The number of nitriles is 1. The first-order chi connectivity index (χ1) is 22.5. The number of benzene rings is 2. The van der Waals surface area contributed by atoms with Crippen LogP contribution in [0.1, 0.15) is 115 Å². The quantitative estimate of drug-likeness (QED) is 0.176. The van der Waals surface area contributed by atoms with Gasteiger partial charge < -0.3 is 14.2 Å². The smallest absolute Gasteiger partial charge is 0.308 e. The second-order valence-corrected chi connectivity index (χ2v) is 16.9. The normalized spacial score (nSPS) is 33.4. The summed E-state index contributed by atoms with van der Waals surface area (Å²) in [6.45, 7) is 15.5. The lowest BCUT2D eigenvalue weighted by Crippen LogP contribution is -2.56. The molecule has 2 aromatic rings. The van der Waals surface area contributed by atoms with Gasteiger partial charge >= 0.3 is 17.9 Å². The summed E-state index contributed by atoms with van der Waals surface area (Å²) in [5.41, 5.74) is 3.92. The maximum atomic E-state index is 12.3. The molecule has 4 aliphatic rings. The fourth-order valence-electron chi connectivity index (χ4n) is 9.85. The van der Waals surface area contributed by atoms with Crippen LogP contribution in [0.5, 0.6) is 17.2 Å². The number of nitrogens with zero attached hydrogens (tertiary/aromatic N) is 1. The molecular formula is C40H47NO6S. The number of allylic oxidation sites excluding steroid dienone is 1. The summed E-state index contributed by atoms with van der Waals surface area (Å²) in [6, 6.07) is 12.2. The van der Waals surface area contributed by atoms with Gasteiger partial charge in [-0.15, -0.1) is 11.8 Å². The summed E-state index contributed by atoms with van der Waals surface area (Å²) in [5, 5.41) is 10.1. The maximum Gasteiger partial charge on any atom is 0.308 e. The Bertz CT molecular complexity index is 1760. The molecule has 3 fully saturated rings. The molecule has 0 spiro atoms. The van der Waals surface area contributed by atoms with Crippen molar-refractivity contribution in [2.24, 2.45) is 28.1 Å². The van der Waals surface area contributed by atoms with E-state index in [9.17, 15) is 19.6 Å². The third kappa shape index (κ3) is 5.76. The predicted molar refractivity (Wildman–Crippen MR) is 185 cm³/mol. The number of esters is 3. The molecule has 0 radical (unpaired) electrons. The lowest BCUT2D eigenvalue weighted by Gasteiger charge is -2.64. The first kappa shape index (κ1) is 34.3. The molecule has 6 rings (SSSR count). The highest BCUT2D eigenvalue weighted by Crippen LogP contribution is 2.71. The highest BCUT2D eigenvalue weighted by molar-refractivity contribution is 7.99. The van der Waals surface area contributed by atoms with Crippen molar-refractivity contribution >= 4 is 29.7 Å². The van der Waals surface area contributed by atoms with Crippen LogP contribution in [0.3, 0.4) is 0 Å². The number of rotatable bonds is 5. The van der Waals surface area contributed by atoms with E-state index in [0.29, 0.717) is 17.6 Å². The van der Waals surface area contributed by atoms with E-state index in [-0.39, 0.29) is 44.4 Å². The van der Waals surface area contributed by atoms with Gasteiger partial charge in [-0.3, -0.25) is 14.4 Å². The summed E-state index contributed by atoms with van der Waals surface area (Å²) in [5.74, 6) is 0.633. The molecule has 0 saturated heterocycles. The molecule has 4 aliphatic carbocycles. The largest absolute Gasteiger partial charge is 0.427 e. The van der Waals surface area contributed by atoms with Crippen LogP contribution < -0.4 is 14.2 Å². The highest BCUT2D eigenvalue weighted by atomic mass is 32.2. The van der Waals surface area contributed by atoms with Gasteiger partial charge in [0.25, 0.3) is 0 Å². The van der Waals surface area contributed by atoms with Crippen molar-refractivity contribution in [1.82, 2.24) is 0 Å². The number of carbonyl (C=O) groups is 3. The minimum atomic E-state index is -0.481. The number of thioether (sulfide) groups is 1. The third-order valence-corrected chi connectivity index (χ3v) is 13.5. The fraction of sp³-hybridized carbons (Fsp3) is 0.550. The molecule has 254 valence electrons. The van der Waals surface area contributed by atoms with Gasteiger partial charge in [0.05, 0.1) is 16.7 Å². The maximum absolute atomic E-state index is 12.3. The molecular weight excluding hydrogens is 623 g/mol. The molecule has 0 amide bonds. The first-order valence-corrected chi connectivity index (χ1v) is 18.0. The topological polar surface area (TPSA) is 103 Å². The van der Waals surface area contributed by atoms with Crippen LogP contribution in [-0.4, -0.2) is 17.9 Å². The van der Waals surface area contributed by atoms with E-state index in [1.54, 1.807) is 23.9 Å². The number of ether oxygens (including phenoxy) is 3. The number of hydrogen-bond donors (Lipinski definition) is 0. The van der Waals surface area contributed by atoms with Gasteiger partial charge in [-0.1, -0.05) is 32.4 Å². The SMILES string of the molecule is CC(=O)Oc1ccc(SC2C=C3C(C)(CCC4C5CC(C)(C#N)CCC5(C)CCC34C)c3cc(OC(C)=O)c(OC(C)=O)c(C)c32)cc1. The van der Waals surface area contributed by atoms with Crippen LogP contribution in [0.15, 0.2) is 46.9 Å². The van der Waals surface area contributed by atoms with Crippen molar-refractivity contribution in [2.45, 2.75) is 116 Å². The molecule has 48 heavy (non-hydrogen) atoms. The summed E-state index contributed by atoms with van der Waals surface area (Å²) in [7, 11) is 0. The fourth-order valence-corrected chi connectivity index (χ4v) is 11.1. The highest BCUT2D eigenvalue weighted by Gasteiger charge is 2.61. The van der Waals surface area contributed by atoms with Gasteiger partial charge in [-0.2, -0.15) is 5.26 Å². The molecule has 0 aliphatic heterocycles. The van der Waals surface area contributed by atoms with E-state index in [0.717, 1.165) is 66.5 Å². The van der Waals surface area contributed by atoms with Crippen molar-refractivity contribution in [2.75, 3.05) is 0 Å². The average molecular weight is 670 g/mol. The van der Waals surface area contributed by atoms with Crippen LogP contribution in [0, 0.1) is 46.3 Å². The molecule has 7 atom stereocenters. The molecule has 7 nitrogen and oxygen atoms in total. The molecule has 2 aromatic carbocycles. The van der Waals surface area contributed by atoms with Crippen LogP contribution >= 0.6 is 11.8 Å². The van der Waals surface area contributed by atoms with E-state index in [1.807, 2.05) is 25.1 Å². The summed E-state index contributed by atoms with van der Waals surface area (Å²) >= 11 is 1.71. The number of hydrogen-bond acceptors (Lipinski definition) is 8. The van der Waals surface area contributed by atoms with Crippen molar-refractivity contribution in [3.8, 4) is 23.3 Å². The summed E-state index contributed by atoms with van der Waals surface area (Å²) < 4.78 is 16.8. The Morgan fingerprint density at radius 1 is 0.854 bits per heavy atom.